The Hall–Kier alpha value is -2.33. The second-order valence-electron chi connectivity index (χ2n) is 4.71. The van der Waals surface area contributed by atoms with Gasteiger partial charge in [-0.1, -0.05) is 30.3 Å². The smallest absolute Gasteiger partial charge is 0.164 e. The summed E-state index contributed by atoms with van der Waals surface area (Å²) in [5.41, 5.74) is 8.08. The summed E-state index contributed by atoms with van der Waals surface area (Å²) in [6.07, 6.45) is 0.371. The Morgan fingerprint density at radius 2 is 2.00 bits per heavy atom. The summed E-state index contributed by atoms with van der Waals surface area (Å²) in [5, 5.41) is 3.31. The van der Waals surface area contributed by atoms with Gasteiger partial charge < -0.3 is 15.8 Å². The molecule has 0 unspecified atom stereocenters. The van der Waals surface area contributed by atoms with E-state index < -0.39 is 0 Å². The van der Waals surface area contributed by atoms with Crippen LogP contribution in [0.5, 0.6) is 5.75 Å². The van der Waals surface area contributed by atoms with Crippen molar-refractivity contribution in [3.05, 3.63) is 59.7 Å². The molecule has 0 atom stereocenters. The van der Waals surface area contributed by atoms with Crippen LogP contribution in [0.15, 0.2) is 48.5 Å². The number of benzene rings is 2. The number of hydrogen-bond donors (Lipinski definition) is 2. The van der Waals surface area contributed by atoms with Crippen LogP contribution in [0, 0.1) is 0 Å². The summed E-state index contributed by atoms with van der Waals surface area (Å²) in [6, 6.07) is 15.3. The zero-order valence-electron chi connectivity index (χ0n) is 12.1. The van der Waals surface area contributed by atoms with E-state index >= 15 is 0 Å². The highest BCUT2D eigenvalue weighted by Gasteiger charge is 2.06. The Morgan fingerprint density at radius 1 is 1.19 bits per heavy atom. The average molecular weight is 284 g/mol. The van der Waals surface area contributed by atoms with E-state index in [1.54, 1.807) is 7.11 Å². The fourth-order valence-electron chi connectivity index (χ4n) is 2.12. The van der Waals surface area contributed by atoms with Crippen LogP contribution in [-0.4, -0.2) is 19.4 Å². The number of nitrogens with one attached hydrogen (secondary N) is 1. The molecule has 0 aliphatic carbocycles. The average Bonchev–Trinajstić information content (AvgIpc) is 2.53. The predicted octanol–water partition coefficient (Wildman–Crippen LogP) is 2.84. The van der Waals surface area contributed by atoms with E-state index in [1.807, 2.05) is 48.5 Å². The van der Waals surface area contributed by atoms with Gasteiger partial charge in [0.1, 0.15) is 5.75 Å². The van der Waals surface area contributed by atoms with E-state index in [-0.39, 0.29) is 5.78 Å². The first-order chi connectivity index (χ1) is 10.2. The van der Waals surface area contributed by atoms with Gasteiger partial charge in [-0.25, -0.2) is 0 Å². The number of ether oxygens (including phenoxy) is 1. The highest BCUT2D eigenvalue weighted by atomic mass is 16.5. The molecule has 2 aromatic carbocycles. The molecule has 2 aromatic rings. The van der Waals surface area contributed by atoms with Gasteiger partial charge >= 0.3 is 0 Å². The van der Waals surface area contributed by atoms with Gasteiger partial charge in [0.25, 0.3) is 0 Å². The fraction of sp³-hybridized carbons (Fsp3) is 0.235. The molecule has 110 valence electrons. The van der Waals surface area contributed by atoms with Crippen molar-refractivity contribution < 1.29 is 9.53 Å². The molecule has 2 rings (SSSR count). The molecular formula is C17H20N2O2. The van der Waals surface area contributed by atoms with Gasteiger partial charge in [-0.15, -0.1) is 0 Å². The highest BCUT2D eigenvalue weighted by Crippen LogP contribution is 2.19. The minimum atomic E-state index is 0.0680. The van der Waals surface area contributed by atoms with Crippen LogP contribution in [0.25, 0.3) is 0 Å². The van der Waals surface area contributed by atoms with E-state index in [2.05, 4.69) is 5.32 Å². The predicted molar refractivity (Wildman–Crippen MR) is 84.8 cm³/mol. The topological polar surface area (TPSA) is 64.3 Å². The van der Waals surface area contributed by atoms with Gasteiger partial charge in [-0.05, 0) is 24.7 Å². The number of anilines is 1. The number of para-hydroxylation sites is 1. The van der Waals surface area contributed by atoms with Crippen molar-refractivity contribution in [2.75, 3.05) is 19.0 Å². The molecular weight excluding hydrogens is 264 g/mol. The molecule has 0 aliphatic rings. The summed E-state index contributed by atoms with van der Waals surface area (Å²) < 4.78 is 5.32. The number of rotatable bonds is 7. The Bertz CT molecular complexity index is 611. The maximum Gasteiger partial charge on any atom is 0.164 e. The molecule has 0 heterocycles. The molecule has 0 fully saturated rings. The monoisotopic (exact) mass is 284 g/mol. The lowest BCUT2D eigenvalue weighted by atomic mass is 10.1. The molecule has 0 amide bonds. The molecule has 0 saturated heterocycles. The minimum absolute atomic E-state index is 0.0680. The fourth-order valence-corrected chi connectivity index (χ4v) is 2.12. The third-order valence-electron chi connectivity index (χ3n) is 3.23. The van der Waals surface area contributed by atoms with Crippen LogP contribution >= 0.6 is 0 Å². The molecule has 0 saturated carbocycles. The maximum absolute atomic E-state index is 11.8. The van der Waals surface area contributed by atoms with E-state index in [1.165, 1.54) is 0 Å². The number of methoxy groups -OCH3 is 1. The summed E-state index contributed by atoms with van der Waals surface area (Å²) in [7, 11) is 1.66. The van der Waals surface area contributed by atoms with Gasteiger partial charge in [0, 0.05) is 29.8 Å². The summed E-state index contributed by atoms with van der Waals surface area (Å²) in [6.45, 7) is 1.01. The lowest BCUT2D eigenvalue weighted by Crippen LogP contribution is -2.08. The van der Waals surface area contributed by atoms with E-state index in [0.29, 0.717) is 25.1 Å². The molecule has 0 spiro atoms. The quantitative estimate of drug-likeness (QED) is 0.767. The van der Waals surface area contributed by atoms with Crippen molar-refractivity contribution in [2.45, 2.75) is 13.0 Å². The summed E-state index contributed by atoms with van der Waals surface area (Å²) in [5.74, 6) is 0.916. The lowest BCUT2D eigenvalue weighted by molar-refractivity contribution is 0.0985. The van der Waals surface area contributed by atoms with E-state index in [4.69, 9.17) is 10.5 Å². The van der Waals surface area contributed by atoms with Gasteiger partial charge in [-0.2, -0.15) is 0 Å². The van der Waals surface area contributed by atoms with Gasteiger partial charge in [-0.3, -0.25) is 4.79 Å². The summed E-state index contributed by atoms with van der Waals surface area (Å²) in [4.78, 5) is 11.8. The van der Waals surface area contributed by atoms with Crippen LogP contribution in [0.3, 0.4) is 0 Å². The Morgan fingerprint density at radius 3 is 2.76 bits per heavy atom. The Balaban J connectivity index is 2.06. The molecule has 0 radical (unpaired) electrons. The van der Waals surface area contributed by atoms with Crippen LogP contribution < -0.4 is 15.8 Å². The van der Waals surface area contributed by atoms with Crippen molar-refractivity contribution >= 4 is 11.5 Å². The van der Waals surface area contributed by atoms with Gasteiger partial charge in [0.05, 0.1) is 7.11 Å². The number of carbonyl (C=O) groups excluding carboxylic acids is 1. The van der Waals surface area contributed by atoms with Crippen LogP contribution in [-0.2, 0) is 6.54 Å². The number of ketones is 1. The first-order valence-corrected chi connectivity index (χ1v) is 6.93. The number of Topliss-reactive ketones (excluding diaryl/α,β-unsaturated/α-hetero) is 1. The minimum Gasteiger partial charge on any atom is -0.496 e. The zero-order chi connectivity index (χ0) is 15.1. The second kappa shape index (κ2) is 7.45. The van der Waals surface area contributed by atoms with Crippen molar-refractivity contribution in [1.82, 2.24) is 0 Å². The van der Waals surface area contributed by atoms with E-state index in [9.17, 15) is 4.79 Å². The second-order valence-corrected chi connectivity index (χ2v) is 4.71. The lowest BCUT2D eigenvalue weighted by Gasteiger charge is -2.11. The van der Waals surface area contributed by atoms with Crippen molar-refractivity contribution in [3.63, 3.8) is 0 Å². The number of hydrogen-bond acceptors (Lipinski definition) is 4. The third-order valence-corrected chi connectivity index (χ3v) is 3.23. The summed E-state index contributed by atoms with van der Waals surface area (Å²) >= 11 is 0. The molecule has 21 heavy (non-hydrogen) atoms. The Labute approximate surface area is 124 Å². The standard InChI is InChI=1S/C17H20N2O2/c1-21-17-8-3-2-5-14(17)12-19-15-7-4-6-13(11-15)16(20)9-10-18/h2-8,11,19H,9-10,12,18H2,1H3. The molecule has 0 aliphatic heterocycles. The Kier molecular flexibility index (Phi) is 5.35. The third kappa shape index (κ3) is 4.07. The SMILES string of the molecule is COc1ccccc1CNc1cccc(C(=O)CCN)c1. The zero-order valence-corrected chi connectivity index (χ0v) is 12.1. The molecule has 3 N–H and O–H groups in total. The largest absolute Gasteiger partial charge is 0.496 e. The van der Waals surface area contributed by atoms with Crippen LogP contribution in [0.1, 0.15) is 22.3 Å². The van der Waals surface area contributed by atoms with Crippen molar-refractivity contribution in [1.29, 1.82) is 0 Å². The van der Waals surface area contributed by atoms with Crippen molar-refractivity contribution in [2.24, 2.45) is 5.73 Å². The van der Waals surface area contributed by atoms with Crippen LogP contribution in [0.2, 0.25) is 0 Å². The number of nitrogens with two attached hydrogens (primary N) is 1. The van der Waals surface area contributed by atoms with E-state index in [0.717, 1.165) is 17.0 Å². The van der Waals surface area contributed by atoms with Crippen molar-refractivity contribution in [3.8, 4) is 5.75 Å². The highest BCUT2D eigenvalue weighted by molar-refractivity contribution is 5.97. The number of carbonyl (C=O) groups is 1. The first kappa shape index (κ1) is 15.1. The normalized spacial score (nSPS) is 10.2. The molecule has 0 aromatic heterocycles. The molecule has 4 nitrogen and oxygen atoms in total. The first-order valence-electron chi connectivity index (χ1n) is 6.93. The molecule has 4 heteroatoms. The van der Waals surface area contributed by atoms with Gasteiger partial charge in [0.15, 0.2) is 5.78 Å². The maximum atomic E-state index is 11.8. The van der Waals surface area contributed by atoms with Gasteiger partial charge in [0.2, 0.25) is 0 Å². The molecule has 0 bridgehead atoms. The van der Waals surface area contributed by atoms with Crippen LogP contribution in [0.4, 0.5) is 5.69 Å².